The Hall–Kier alpha value is -3.95. The number of aromatic nitrogens is 3. The molecular formula is C20H20FN5O4. The summed E-state index contributed by atoms with van der Waals surface area (Å²) < 4.78 is 25.1. The van der Waals surface area contributed by atoms with Crippen molar-refractivity contribution in [3.8, 4) is 17.0 Å². The molecule has 1 atom stereocenters. The smallest absolute Gasteiger partial charge is 0.413 e. The molecule has 0 aliphatic carbocycles. The van der Waals surface area contributed by atoms with E-state index < -0.39 is 24.1 Å². The van der Waals surface area contributed by atoms with E-state index in [-0.39, 0.29) is 5.75 Å². The second-order valence-corrected chi connectivity index (χ2v) is 6.46. The van der Waals surface area contributed by atoms with Gasteiger partial charge in [-0.1, -0.05) is 12.1 Å². The predicted octanol–water partition coefficient (Wildman–Crippen LogP) is 3.70. The summed E-state index contributed by atoms with van der Waals surface area (Å²) in [4.78, 5) is 27.7. The van der Waals surface area contributed by atoms with Crippen LogP contribution in [0.1, 0.15) is 24.3 Å². The van der Waals surface area contributed by atoms with Crippen molar-refractivity contribution in [2.45, 2.75) is 20.0 Å². The molecule has 3 rings (SSSR count). The summed E-state index contributed by atoms with van der Waals surface area (Å²) in [5.74, 6) is 0.164. The molecule has 1 unspecified atom stereocenters. The van der Waals surface area contributed by atoms with Crippen LogP contribution >= 0.6 is 0 Å². The fourth-order valence-corrected chi connectivity index (χ4v) is 2.80. The van der Waals surface area contributed by atoms with Crippen LogP contribution in [-0.2, 0) is 11.8 Å². The molecule has 156 valence electrons. The Morgan fingerprint density at radius 1 is 1.27 bits per heavy atom. The lowest BCUT2D eigenvalue weighted by molar-refractivity contribution is 0.121. The van der Waals surface area contributed by atoms with Crippen LogP contribution in [0.4, 0.5) is 19.8 Å². The molecule has 0 saturated heterocycles. The number of carbonyl (C=O) groups is 2. The first-order valence-electron chi connectivity index (χ1n) is 8.95. The number of nitrogens with one attached hydrogen (secondary N) is 1. The van der Waals surface area contributed by atoms with E-state index in [1.54, 1.807) is 45.2 Å². The number of rotatable bonds is 5. The van der Waals surface area contributed by atoms with Gasteiger partial charge in [0.2, 0.25) is 0 Å². The standard InChI is InChI=1S/C20H20FN5O4/c1-11-17(30-19(22)27)8-7-16(24-11)15-10-23-26(3)18(15)25-20(28)29-12(2)13-5-4-6-14(21)9-13/h4-10,12H,1-3H3,(H2,22,27)(H,25,28). The molecule has 3 aromatic rings. The largest absolute Gasteiger partial charge is 0.441 e. The maximum absolute atomic E-state index is 13.4. The SMILES string of the molecule is Cc1nc(-c2cnn(C)c2NC(=O)OC(C)c2cccc(F)c2)ccc1OC(N)=O. The average molecular weight is 413 g/mol. The molecule has 0 spiro atoms. The third kappa shape index (κ3) is 4.72. The number of carbonyl (C=O) groups excluding carboxylic acids is 2. The van der Waals surface area contributed by atoms with Crippen molar-refractivity contribution in [2.24, 2.45) is 12.8 Å². The first kappa shape index (κ1) is 20.8. The van der Waals surface area contributed by atoms with Crippen LogP contribution in [0.3, 0.4) is 0 Å². The number of hydrogen-bond donors (Lipinski definition) is 2. The lowest BCUT2D eigenvalue weighted by atomic mass is 10.1. The van der Waals surface area contributed by atoms with E-state index in [0.717, 1.165) is 0 Å². The number of ether oxygens (including phenoxy) is 2. The Morgan fingerprint density at radius 3 is 2.70 bits per heavy atom. The molecule has 30 heavy (non-hydrogen) atoms. The zero-order valence-corrected chi connectivity index (χ0v) is 16.5. The fourth-order valence-electron chi connectivity index (χ4n) is 2.80. The highest BCUT2D eigenvalue weighted by Gasteiger charge is 2.19. The first-order valence-corrected chi connectivity index (χ1v) is 8.95. The predicted molar refractivity (Wildman–Crippen MR) is 106 cm³/mol. The summed E-state index contributed by atoms with van der Waals surface area (Å²) in [6.45, 7) is 3.29. The van der Waals surface area contributed by atoms with Gasteiger partial charge >= 0.3 is 12.2 Å². The van der Waals surface area contributed by atoms with Gasteiger partial charge in [-0.15, -0.1) is 0 Å². The van der Waals surface area contributed by atoms with Crippen molar-refractivity contribution < 1.29 is 23.5 Å². The summed E-state index contributed by atoms with van der Waals surface area (Å²) in [5, 5.41) is 6.79. The van der Waals surface area contributed by atoms with Gasteiger partial charge in [0.15, 0.2) is 5.75 Å². The van der Waals surface area contributed by atoms with Crippen molar-refractivity contribution in [1.29, 1.82) is 0 Å². The van der Waals surface area contributed by atoms with Gasteiger partial charge in [-0.3, -0.25) is 10.00 Å². The van der Waals surface area contributed by atoms with Crippen molar-refractivity contribution in [2.75, 3.05) is 5.32 Å². The molecule has 0 bridgehead atoms. The van der Waals surface area contributed by atoms with Crippen molar-refractivity contribution in [3.05, 3.63) is 59.7 Å². The Balaban J connectivity index is 1.78. The van der Waals surface area contributed by atoms with Crippen molar-refractivity contribution in [3.63, 3.8) is 0 Å². The summed E-state index contributed by atoms with van der Waals surface area (Å²) in [7, 11) is 1.65. The van der Waals surface area contributed by atoms with E-state index in [0.29, 0.717) is 28.3 Å². The van der Waals surface area contributed by atoms with Gasteiger partial charge in [-0.25, -0.2) is 19.0 Å². The van der Waals surface area contributed by atoms with Crippen LogP contribution in [0.25, 0.3) is 11.3 Å². The highest BCUT2D eigenvalue weighted by Crippen LogP contribution is 2.29. The van der Waals surface area contributed by atoms with Gasteiger partial charge in [0, 0.05) is 7.05 Å². The van der Waals surface area contributed by atoms with E-state index in [4.69, 9.17) is 15.2 Å². The molecule has 0 aliphatic rings. The highest BCUT2D eigenvalue weighted by molar-refractivity contribution is 5.89. The maximum Gasteiger partial charge on any atom is 0.413 e. The molecule has 9 nitrogen and oxygen atoms in total. The number of amides is 2. The molecule has 0 aliphatic heterocycles. The third-order valence-electron chi connectivity index (χ3n) is 4.28. The lowest BCUT2D eigenvalue weighted by Gasteiger charge is -2.15. The topological polar surface area (TPSA) is 121 Å². The second-order valence-electron chi connectivity index (χ2n) is 6.46. The fraction of sp³-hybridized carbons (Fsp3) is 0.200. The van der Waals surface area contributed by atoms with Gasteiger partial charge in [-0.2, -0.15) is 5.10 Å². The summed E-state index contributed by atoms with van der Waals surface area (Å²) in [6, 6.07) is 8.97. The number of aryl methyl sites for hydroxylation is 2. The van der Waals surface area contributed by atoms with Crippen LogP contribution in [0.5, 0.6) is 5.75 Å². The van der Waals surface area contributed by atoms with Crippen LogP contribution in [0.2, 0.25) is 0 Å². The number of primary amides is 1. The number of anilines is 1. The van der Waals surface area contributed by atoms with Gasteiger partial charge < -0.3 is 15.2 Å². The molecule has 0 saturated carbocycles. The molecule has 0 radical (unpaired) electrons. The molecular weight excluding hydrogens is 393 g/mol. The lowest BCUT2D eigenvalue weighted by Crippen LogP contribution is -2.18. The molecule has 0 fully saturated rings. The molecule has 10 heteroatoms. The Morgan fingerprint density at radius 2 is 2.03 bits per heavy atom. The summed E-state index contributed by atoms with van der Waals surface area (Å²) in [5.41, 5.74) is 7.01. The monoisotopic (exact) mass is 413 g/mol. The quantitative estimate of drug-likeness (QED) is 0.658. The Labute approximate surface area is 171 Å². The van der Waals surface area contributed by atoms with Gasteiger partial charge in [0.1, 0.15) is 17.7 Å². The number of nitrogens with two attached hydrogens (primary N) is 1. The van der Waals surface area contributed by atoms with Crippen LogP contribution in [-0.4, -0.2) is 27.0 Å². The third-order valence-corrected chi connectivity index (χ3v) is 4.28. The van der Waals surface area contributed by atoms with Crippen LogP contribution < -0.4 is 15.8 Å². The normalized spacial score (nSPS) is 11.6. The minimum absolute atomic E-state index is 0.230. The van der Waals surface area contributed by atoms with E-state index in [9.17, 15) is 14.0 Å². The van der Waals surface area contributed by atoms with Crippen molar-refractivity contribution in [1.82, 2.24) is 14.8 Å². The zero-order chi connectivity index (χ0) is 21.8. The number of benzene rings is 1. The zero-order valence-electron chi connectivity index (χ0n) is 16.5. The average Bonchev–Trinajstić information content (AvgIpc) is 3.03. The van der Waals surface area contributed by atoms with Crippen LogP contribution in [0.15, 0.2) is 42.6 Å². The number of pyridine rings is 1. The summed E-state index contributed by atoms with van der Waals surface area (Å²) >= 11 is 0. The number of hydrogen-bond acceptors (Lipinski definition) is 6. The van der Waals surface area contributed by atoms with E-state index in [1.807, 2.05) is 0 Å². The first-order chi connectivity index (χ1) is 14.2. The maximum atomic E-state index is 13.4. The van der Waals surface area contributed by atoms with Gasteiger partial charge in [0.25, 0.3) is 0 Å². The van der Waals surface area contributed by atoms with E-state index in [1.165, 1.54) is 23.0 Å². The molecule has 2 heterocycles. The molecule has 2 amide bonds. The molecule has 3 N–H and O–H groups in total. The Bertz CT molecular complexity index is 1100. The van der Waals surface area contributed by atoms with E-state index in [2.05, 4.69) is 15.4 Å². The number of halogens is 1. The summed E-state index contributed by atoms with van der Waals surface area (Å²) in [6.07, 6.45) is -0.807. The number of nitrogens with zero attached hydrogens (tertiary/aromatic N) is 3. The van der Waals surface area contributed by atoms with E-state index >= 15 is 0 Å². The van der Waals surface area contributed by atoms with Gasteiger partial charge in [0.05, 0.1) is 23.1 Å². The molecule has 2 aromatic heterocycles. The second kappa shape index (κ2) is 8.60. The minimum Gasteiger partial charge on any atom is -0.441 e. The van der Waals surface area contributed by atoms with Crippen molar-refractivity contribution >= 4 is 18.0 Å². The highest BCUT2D eigenvalue weighted by atomic mass is 19.1. The molecule has 1 aromatic carbocycles. The Kier molecular flexibility index (Phi) is 5.95. The van der Waals surface area contributed by atoms with Gasteiger partial charge in [-0.05, 0) is 43.7 Å². The minimum atomic E-state index is -0.938. The van der Waals surface area contributed by atoms with Crippen LogP contribution in [0, 0.1) is 12.7 Å².